The smallest absolute Gasteiger partial charge is 0.0151 e. The fraction of sp³-hybridized carbons (Fsp3) is 0.130. The lowest BCUT2D eigenvalue weighted by Crippen LogP contribution is -1.79. The molecule has 0 heterocycles. The molecule has 0 nitrogen and oxygen atoms in total. The Balaban J connectivity index is 0.000000368. The van der Waals surface area contributed by atoms with E-state index in [1.54, 1.807) is 0 Å². The average Bonchev–Trinajstić information content (AvgIpc) is 2.90. The molecule has 0 bridgehead atoms. The molecule has 1 heteroatoms. The fourth-order valence-electron chi connectivity index (χ4n) is 2.32. The Hall–Kier alpha value is -1.87. The second kappa shape index (κ2) is 10.1. The largest absolute Gasteiger partial charge is 0.0728 e. The molecule has 0 saturated heterocycles. The van der Waals surface area contributed by atoms with Gasteiger partial charge >= 0.3 is 0 Å². The lowest BCUT2D eigenvalue weighted by atomic mass is 10.0. The summed E-state index contributed by atoms with van der Waals surface area (Å²) in [6, 6.07) is 21.1. The molecule has 0 amide bonds. The normalized spacial score (nSPS) is 13.0. The third-order valence-corrected chi connectivity index (χ3v) is 4.80. The lowest BCUT2D eigenvalue weighted by Gasteiger charge is -2.01. The Kier molecular flexibility index (Phi) is 7.76. The first-order chi connectivity index (χ1) is 11.7. The highest BCUT2D eigenvalue weighted by Crippen LogP contribution is 2.24. The SMILES string of the molecule is C1=CC(c2ccccc2)=CCC=C1c1ccccc1.CC(C)=CI. The Morgan fingerprint density at radius 2 is 1.12 bits per heavy atom. The van der Waals surface area contributed by atoms with E-state index in [0.717, 1.165) is 6.42 Å². The van der Waals surface area contributed by atoms with Crippen LogP contribution in [0.25, 0.3) is 11.1 Å². The number of hydrogen-bond acceptors (Lipinski definition) is 0. The van der Waals surface area contributed by atoms with Crippen molar-refractivity contribution in [3.8, 4) is 0 Å². The Bertz CT molecular complexity index is 686. The van der Waals surface area contributed by atoms with Crippen LogP contribution in [0.1, 0.15) is 31.4 Å². The summed E-state index contributed by atoms with van der Waals surface area (Å²) in [5.41, 5.74) is 6.51. The van der Waals surface area contributed by atoms with Gasteiger partial charge in [-0.2, -0.15) is 0 Å². The molecular weight excluding hydrogens is 403 g/mol. The maximum atomic E-state index is 2.28. The van der Waals surface area contributed by atoms with E-state index in [1.807, 2.05) is 0 Å². The standard InChI is InChI=1S/C19H16.C4H7I/c1-3-8-16(9-4-1)18-12-7-13-19(15-14-18)17-10-5-2-6-11-17;1-4(2)3-5/h1-6,8-15H,7H2;3H,1-2H3. The van der Waals surface area contributed by atoms with Gasteiger partial charge in [0.1, 0.15) is 0 Å². The molecule has 2 aromatic carbocycles. The van der Waals surface area contributed by atoms with Crippen LogP contribution in [0.3, 0.4) is 0 Å². The average molecular weight is 426 g/mol. The number of allylic oxidation sites excluding steroid dienone is 7. The van der Waals surface area contributed by atoms with Crippen molar-refractivity contribution in [3.63, 3.8) is 0 Å². The highest BCUT2D eigenvalue weighted by atomic mass is 127. The van der Waals surface area contributed by atoms with Crippen molar-refractivity contribution in [1.82, 2.24) is 0 Å². The van der Waals surface area contributed by atoms with Gasteiger partial charge in [0.2, 0.25) is 0 Å². The monoisotopic (exact) mass is 426 g/mol. The van der Waals surface area contributed by atoms with Crippen LogP contribution in [0, 0.1) is 0 Å². The first-order valence-corrected chi connectivity index (χ1v) is 9.38. The van der Waals surface area contributed by atoms with Crippen LogP contribution in [0.4, 0.5) is 0 Å². The van der Waals surface area contributed by atoms with Gasteiger partial charge < -0.3 is 0 Å². The van der Waals surface area contributed by atoms with Crippen LogP contribution >= 0.6 is 22.6 Å². The van der Waals surface area contributed by atoms with Crippen molar-refractivity contribution in [1.29, 1.82) is 0 Å². The molecule has 0 N–H and O–H groups in total. The molecule has 122 valence electrons. The molecule has 2 aromatic rings. The summed E-state index contributed by atoms with van der Waals surface area (Å²) in [5, 5.41) is 0. The van der Waals surface area contributed by atoms with Gasteiger partial charge in [-0.1, -0.05) is 113 Å². The highest BCUT2D eigenvalue weighted by Gasteiger charge is 2.02. The molecule has 0 unspecified atom stereocenters. The minimum absolute atomic E-state index is 0.974. The zero-order valence-electron chi connectivity index (χ0n) is 14.2. The van der Waals surface area contributed by atoms with Crippen molar-refractivity contribution >= 4 is 33.7 Å². The summed E-state index contributed by atoms with van der Waals surface area (Å²) in [7, 11) is 0. The molecule has 0 fully saturated rings. The first-order valence-electron chi connectivity index (χ1n) is 8.13. The summed E-state index contributed by atoms with van der Waals surface area (Å²) < 4.78 is 2.05. The molecule has 0 aliphatic heterocycles. The number of rotatable bonds is 2. The van der Waals surface area contributed by atoms with Crippen molar-refractivity contribution in [2.45, 2.75) is 20.3 Å². The summed E-state index contributed by atoms with van der Waals surface area (Å²) in [6.45, 7) is 4.15. The summed E-state index contributed by atoms with van der Waals surface area (Å²) in [6.07, 6.45) is 9.95. The van der Waals surface area contributed by atoms with E-state index in [2.05, 4.69) is 125 Å². The Morgan fingerprint density at radius 1 is 0.750 bits per heavy atom. The van der Waals surface area contributed by atoms with E-state index < -0.39 is 0 Å². The minimum Gasteiger partial charge on any atom is -0.0728 e. The van der Waals surface area contributed by atoms with Crippen molar-refractivity contribution < 1.29 is 0 Å². The molecule has 3 rings (SSSR count). The van der Waals surface area contributed by atoms with Crippen LogP contribution in [0.2, 0.25) is 0 Å². The third kappa shape index (κ3) is 5.97. The predicted molar refractivity (Wildman–Crippen MR) is 116 cm³/mol. The van der Waals surface area contributed by atoms with Gasteiger partial charge in [-0.15, -0.1) is 0 Å². The third-order valence-electron chi connectivity index (χ3n) is 3.55. The van der Waals surface area contributed by atoms with Crippen LogP contribution in [-0.2, 0) is 0 Å². The van der Waals surface area contributed by atoms with Gasteiger partial charge in [0.15, 0.2) is 0 Å². The van der Waals surface area contributed by atoms with E-state index >= 15 is 0 Å². The van der Waals surface area contributed by atoms with E-state index in [1.165, 1.54) is 27.8 Å². The fourth-order valence-corrected chi connectivity index (χ4v) is 2.32. The van der Waals surface area contributed by atoms with Crippen molar-refractivity contribution in [3.05, 3.63) is 106 Å². The number of hydrogen-bond donors (Lipinski definition) is 0. The summed E-state index contributed by atoms with van der Waals surface area (Å²) in [4.78, 5) is 0. The van der Waals surface area contributed by atoms with Crippen LogP contribution < -0.4 is 0 Å². The Labute approximate surface area is 159 Å². The van der Waals surface area contributed by atoms with E-state index in [-0.39, 0.29) is 0 Å². The molecular formula is C23H23I. The summed E-state index contributed by atoms with van der Waals surface area (Å²) in [5.74, 6) is 0. The minimum atomic E-state index is 0.974. The molecule has 1 aliphatic carbocycles. The molecule has 0 saturated carbocycles. The maximum absolute atomic E-state index is 2.28. The second-order valence-electron chi connectivity index (χ2n) is 5.81. The van der Waals surface area contributed by atoms with Crippen LogP contribution in [0.15, 0.2) is 94.6 Å². The van der Waals surface area contributed by atoms with E-state index in [4.69, 9.17) is 0 Å². The van der Waals surface area contributed by atoms with Gasteiger partial charge in [-0.3, -0.25) is 0 Å². The molecule has 24 heavy (non-hydrogen) atoms. The first kappa shape index (κ1) is 18.5. The van der Waals surface area contributed by atoms with Crippen molar-refractivity contribution in [2.24, 2.45) is 0 Å². The number of benzene rings is 2. The molecule has 0 atom stereocenters. The van der Waals surface area contributed by atoms with Gasteiger partial charge in [-0.25, -0.2) is 0 Å². The van der Waals surface area contributed by atoms with Gasteiger partial charge in [-0.05, 0) is 46.6 Å². The molecule has 0 spiro atoms. The molecule has 1 aliphatic rings. The van der Waals surface area contributed by atoms with Crippen LogP contribution in [-0.4, -0.2) is 0 Å². The van der Waals surface area contributed by atoms with Crippen LogP contribution in [0.5, 0.6) is 0 Å². The van der Waals surface area contributed by atoms with Gasteiger partial charge in [0.25, 0.3) is 0 Å². The zero-order chi connectivity index (χ0) is 17.2. The second-order valence-corrected chi connectivity index (χ2v) is 6.43. The van der Waals surface area contributed by atoms with Gasteiger partial charge in [0, 0.05) is 0 Å². The zero-order valence-corrected chi connectivity index (χ0v) is 16.4. The Morgan fingerprint density at radius 3 is 1.46 bits per heavy atom. The van der Waals surface area contributed by atoms with E-state index in [0.29, 0.717) is 0 Å². The predicted octanol–water partition coefficient (Wildman–Crippen LogP) is 7.46. The number of halogens is 1. The topological polar surface area (TPSA) is 0 Å². The highest BCUT2D eigenvalue weighted by molar-refractivity contribution is 14.1. The van der Waals surface area contributed by atoms with Crippen molar-refractivity contribution in [2.75, 3.05) is 0 Å². The quantitative estimate of drug-likeness (QED) is 0.437. The lowest BCUT2D eigenvalue weighted by molar-refractivity contribution is 1.40. The molecule has 0 aromatic heterocycles. The molecule has 0 radical (unpaired) electrons. The maximum Gasteiger partial charge on any atom is -0.0151 e. The van der Waals surface area contributed by atoms with Gasteiger partial charge in [0.05, 0.1) is 0 Å². The van der Waals surface area contributed by atoms with E-state index in [9.17, 15) is 0 Å². The summed E-state index contributed by atoms with van der Waals surface area (Å²) >= 11 is 2.22.